The minimum atomic E-state index is -0.592. The van der Waals surface area contributed by atoms with Crippen LogP contribution in [-0.2, 0) is 9.53 Å². The van der Waals surface area contributed by atoms with Gasteiger partial charge in [0.05, 0.1) is 16.7 Å². The topological polar surface area (TPSA) is 38.3 Å². The summed E-state index contributed by atoms with van der Waals surface area (Å²) in [5.41, 5.74) is 0.620. The average molecular weight is 262 g/mol. The van der Waals surface area contributed by atoms with Crippen molar-refractivity contribution in [1.29, 1.82) is 0 Å². The second kappa shape index (κ2) is 6.09. The Bertz CT molecular complexity index is 382. The molecule has 0 fully saturated rings. The van der Waals surface area contributed by atoms with Crippen LogP contribution < -0.4 is 5.32 Å². The van der Waals surface area contributed by atoms with Crippen molar-refractivity contribution < 1.29 is 9.53 Å². The lowest BCUT2D eigenvalue weighted by Crippen LogP contribution is -2.27. The third-order valence-corrected chi connectivity index (χ3v) is 2.94. The van der Waals surface area contributed by atoms with Crippen LogP contribution in [0.25, 0.3) is 0 Å². The van der Waals surface area contributed by atoms with E-state index in [9.17, 15) is 4.79 Å². The lowest BCUT2D eigenvalue weighted by atomic mass is 10.1. The van der Waals surface area contributed by atoms with Gasteiger partial charge in [-0.25, -0.2) is 4.79 Å². The number of likely N-dealkylation sites (N-methyl/N-ethyl adjacent to an activating group) is 1. The third kappa shape index (κ3) is 2.88. The zero-order valence-corrected chi connectivity index (χ0v) is 10.6. The van der Waals surface area contributed by atoms with Gasteiger partial charge in [-0.1, -0.05) is 35.3 Å². The fraction of sp³-hybridized carbons (Fsp3) is 0.364. The van der Waals surface area contributed by atoms with E-state index in [0.717, 1.165) is 0 Å². The van der Waals surface area contributed by atoms with Crippen molar-refractivity contribution in [3.05, 3.63) is 33.8 Å². The minimum Gasteiger partial charge on any atom is -0.465 e. The Morgan fingerprint density at radius 1 is 1.50 bits per heavy atom. The lowest BCUT2D eigenvalue weighted by Gasteiger charge is -2.16. The van der Waals surface area contributed by atoms with Crippen LogP contribution in [0.5, 0.6) is 0 Å². The summed E-state index contributed by atoms with van der Waals surface area (Å²) >= 11 is 11.9. The second-order valence-electron chi connectivity index (χ2n) is 3.12. The van der Waals surface area contributed by atoms with Gasteiger partial charge in [-0.3, -0.25) is 0 Å². The predicted octanol–water partition coefficient (Wildman–Crippen LogP) is 2.82. The van der Waals surface area contributed by atoms with Crippen LogP contribution in [0.4, 0.5) is 0 Å². The average Bonchev–Trinajstić information content (AvgIpc) is 2.25. The molecule has 1 N–H and O–H groups in total. The molecule has 0 saturated heterocycles. The molecule has 0 bridgehead atoms. The number of carbonyl (C=O) groups is 1. The van der Waals surface area contributed by atoms with Gasteiger partial charge in [0, 0.05) is 5.56 Å². The SMILES string of the molecule is CCOC(=O)C(NC)c1cccc(Cl)c1Cl. The zero-order valence-electron chi connectivity index (χ0n) is 9.09. The normalized spacial score (nSPS) is 12.2. The van der Waals surface area contributed by atoms with Gasteiger partial charge >= 0.3 is 5.97 Å². The molecule has 0 aliphatic heterocycles. The van der Waals surface area contributed by atoms with Crippen molar-refractivity contribution in [2.24, 2.45) is 0 Å². The van der Waals surface area contributed by atoms with Crippen molar-refractivity contribution in [2.45, 2.75) is 13.0 Å². The van der Waals surface area contributed by atoms with Gasteiger partial charge in [0.1, 0.15) is 6.04 Å². The number of hydrogen-bond acceptors (Lipinski definition) is 3. The molecule has 88 valence electrons. The molecule has 16 heavy (non-hydrogen) atoms. The van der Waals surface area contributed by atoms with E-state index in [2.05, 4.69) is 5.32 Å². The number of carbonyl (C=O) groups excluding carboxylic acids is 1. The summed E-state index contributed by atoms with van der Waals surface area (Å²) in [6.07, 6.45) is 0. The highest BCUT2D eigenvalue weighted by Gasteiger charge is 2.23. The quantitative estimate of drug-likeness (QED) is 0.848. The zero-order chi connectivity index (χ0) is 12.1. The van der Waals surface area contributed by atoms with E-state index in [1.54, 1.807) is 32.2 Å². The Labute approximate surface area is 105 Å². The summed E-state index contributed by atoms with van der Waals surface area (Å²) in [6.45, 7) is 2.08. The number of esters is 1. The van der Waals surface area contributed by atoms with E-state index in [-0.39, 0.29) is 5.97 Å². The van der Waals surface area contributed by atoms with E-state index in [1.807, 2.05) is 0 Å². The van der Waals surface area contributed by atoms with E-state index in [1.165, 1.54) is 0 Å². The van der Waals surface area contributed by atoms with E-state index in [0.29, 0.717) is 22.2 Å². The lowest BCUT2D eigenvalue weighted by molar-refractivity contribution is -0.145. The largest absolute Gasteiger partial charge is 0.465 e. The summed E-state index contributed by atoms with van der Waals surface area (Å²) in [7, 11) is 1.67. The number of rotatable bonds is 4. The van der Waals surface area contributed by atoms with Crippen molar-refractivity contribution in [2.75, 3.05) is 13.7 Å². The first-order valence-corrected chi connectivity index (χ1v) is 5.65. The number of hydrogen-bond donors (Lipinski definition) is 1. The van der Waals surface area contributed by atoms with Gasteiger partial charge in [0.25, 0.3) is 0 Å². The molecule has 0 aliphatic rings. The molecule has 0 spiro atoms. The van der Waals surface area contributed by atoms with E-state index in [4.69, 9.17) is 27.9 Å². The Balaban J connectivity index is 3.04. The van der Waals surface area contributed by atoms with Crippen LogP contribution in [0.3, 0.4) is 0 Å². The van der Waals surface area contributed by atoms with Crippen LogP contribution in [0, 0.1) is 0 Å². The first-order chi connectivity index (χ1) is 7.61. The van der Waals surface area contributed by atoms with Gasteiger partial charge in [0.2, 0.25) is 0 Å². The standard InChI is InChI=1S/C11H13Cl2NO2/c1-3-16-11(15)10(14-2)7-5-4-6-8(12)9(7)13/h4-6,10,14H,3H2,1-2H3. The third-order valence-electron chi connectivity index (χ3n) is 2.10. The number of benzene rings is 1. The Morgan fingerprint density at radius 2 is 2.19 bits per heavy atom. The molecule has 3 nitrogen and oxygen atoms in total. The van der Waals surface area contributed by atoms with E-state index < -0.39 is 6.04 Å². The van der Waals surface area contributed by atoms with Gasteiger partial charge < -0.3 is 10.1 Å². The molecule has 0 amide bonds. The molecule has 1 aromatic carbocycles. The molecule has 0 saturated carbocycles. The smallest absolute Gasteiger partial charge is 0.327 e. The van der Waals surface area contributed by atoms with E-state index >= 15 is 0 Å². The van der Waals surface area contributed by atoms with Crippen LogP contribution in [-0.4, -0.2) is 19.6 Å². The highest BCUT2D eigenvalue weighted by Crippen LogP contribution is 2.30. The minimum absolute atomic E-state index is 0.329. The highest BCUT2D eigenvalue weighted by atomic mass is 35.5. The maximum atomic E-state index is 11.7. The Morgan fingerprint density at radius 3 is 2.75 bits per heavy atom. The van der Waals surface area contributed by atoms with Gasteiger partial charge in [-0.05, 0) is 20.0 Å². The fourth-order valence-electron chi connectivity index (χ4n) is 1.37. The molecule has 1 atom stereocenters. The summed E-state index contributed by atoms with van der Waals surface area (Å²) in [5, 5.41) is 3.65. The van der Waals surface area contributed by atoms with Crippen LogP contribution in [0.15, 0.2) is 18.2 Å². The van der Waals surface area contributed by atoms with Crippen molar-refractivity contribution in [3.63, 3.8) is 0 Å². The second-order valence-corrected chi connectivity index (χ2v) is 3.90. The summed E-state index contributed by atoms with van der Waals surface area (Å²) < 4.78 is 4.94. The maximum absolute atomic E-state index is 11.7. The Hall–Kier alpha value is -0.770. The number of ether oxygens (including phenoxy) is 1. The predicted molar refractivity (Wildman–Crippen MR) is 64.9 cm³/mol. The molecular weight excluding hydrogens is 249 g/mol. The first kappa shape index (κ1) is 13.3. The highest BCUT2D eigenvalue weighted by molar-refractivity contribution is 6.42. The molecule has 0 aliphatic carbocycles. The van der Waals surface area contributed by atoms with Crippen molar-refractivity contribution >= 4 is 29.2 Å². The molecule has 0 heterocycles. The van der Waals surface area contributed by atoms with Gasteiger partial charge in [-0.2, -0.15) is 0 Å². The molecule has 1 aromatic rings. The number of nitrogens with one attached hydrogen (secondary N) is 1. The van der Waals surface area contributed by atoms with Crippen molar-refractivity contribution in [3.8, 4) is 0 Å². The first-order valence-electron chi connectivity index (χ1n) is 4.89. The van der Waals surface area contributed by atoms with Crippen LogP contribution in [0.1, 0.15) is 18.5 Å². The van der Waals surface area contributed by atoms with Crippen LogP contribution in [0.2, 0.25) is 10.0 Å². The summed E-state index contributed by atoms with van der Waals surface area (Å²) in [6, 6.07) is 4.57. The summed E-state index contributed by atoms with van der Waals surface area (Å²) in [5.74, 6) is -0.367. The molecule has 1 unspecified atom stereocenters. The fourth-order valence-corrected chi connectivity index (χ4v) is 1.79. The molecule has 0 aromatic heterocycles. The van der Waals surface area contributed by atoms with Gasteiger partial charge in [0.15, 0.2) is 0 Å². The Kier molecular flexibility index (Phi) is 5.06. The monoisotopic (exact) mass is 261 g/mol. The molecule has 1 rings (SSSR count). The number of halogens is 2. The summed E-state index contributed by atoms with van der Waals surface area (Å²) in [4.78, 5) is 11.7. The van der Waals surface area contributed by atoms with Crippen molar-refractivity contribution in [1.82, 2.24) is 5.32 Å². The molecular formula is C11H13Cl2NO2. The van der Waals surface area contributed by atoms with Crippen LogP contribution >= 0.6 is 23.2 Å². The maximum Gasteiger partial charge on any atom is 0.327 e. The molecule has 5 heteroatoms. The van der Waals surface area contributed by atoms with Gasteiger partial charge in [-0.15, -0.1) is 0 Å². The molecule has 0 radical (unpaired) electrons.